The predicted molar refractivity (Wildman–Crippen MR) is 85.3 cm³/mol. The van der Waals surface area contributed by atoms with Crippen molar-refractivity contribution in [2.24, 2.45) is 0 Å². The molecule has 4 nitrogen and oxygen atoms in total. The minimum absolute atomic E-state index is 0.0695. The molecule has 0 aliphatic heterocycles. The molecule has 4 heteroatoms. The van der Waals surface area contributed by atoms with Gasteiger partial charge in [-0.2, -0.15) is 0 Å². The first-order valence-electron chi connectivity index (χ1n) is 7.86. The van der Waals surface area contributed by atoms with E-state index in [-0.39, 0.29) is 12.6 Å². The molecule has 0 radical (unpaired) electrons. The van der Waals surface area contributed by atoms with Gasteiger partial charge in [0.15, 0.2) is 6.61 Å². The lowest BCUT2D eigenvalue weighted by atomic mass is 10.1. The lowest BCUT2D eigenvalue weighted by Crippen LogP contribution is -2.15. The van der Waals surface area contributed by atoms with Crippen molar-refractivity contribution in [1.29, 1.82) is 0 Å². The van der Waals surface area contributed by atoms with Crippen LogP contribution < -0.4 is 10.5 Å². The maximum Gasteiger partial charge on any atom is 0.344 e. The second-order valence-corrected chi connectivity index (χ2v) is 5.20. The fourth-order valence-electron chi connectivity index (χ4n) is 2.03. The highest BCUT2D eigenvalue weighted by Crippen LogP contribution is 2.14. The molecule has 0 bridgehead atoms. The normalized spacial score (nSPS) is 10.3. The summed E-state index contributed by atoms with van der Waals surface area (Å²) in [6, 6.07) is 7.00. The van der Waals surface area contributed by atoms with Crippen LogP contribution in [0.1, 0.15) is 51.9 Å². The highest BCUT2D eigenvalue weighted by Gasteiger charge is 2.04. The Kier molecular flexibility index (Phi) is 9.09. The average molecular weight is 293 g/mol. The first-order valence-corrected chi connectivity index (χ1v) is 7.86. The summed E-state index contributed by atoms with van der Waals surface area (Å²) in [6.45, 7) is 2.62. The number of nitrogen functional groups attached to an aromatic ring is 1. The third-order valence-electron chi connectivity index (χ3n) is 3.23. The monoisotopic (exact) mass is 293 g/mol. The van der Waals surface area contributed by atoms with Crippen molar-refractivity contribution in [3.63, 3.8) is 0 Å². The summed E-state index contributed by atoms with van der Waals surface area (Å²) in [6.07, 6.45) is 8.44. The van der Waals surface area contributed by atoms with Crippen molar-refractivity contribution >= 4 is 11.7 Å². The second-order valence-electron chi connectivity index (χ2n) is 5.20. The molecule has 1 rings (SSSR count). The summed E-state index contributed by atoms with van der Waals surface area (Å²) in [4.78, 5) is 11.5. The molecule has 0 saturated carbocycles. The Morgan fingerprint density at radius 3 is 2.52 bits per heavy atom. The largest absolute Gasteiger partial charge is 0.482 e. The zero-order valence-corrected chi connectivity index (χ0v) is 13.0. The molecule has 0 heterocycles. The van der Waals surface area contributed by atoms with Crippen molar-refractivity contribution in [3.8, 4) is 5.75 Å². The van der Waals surface area contributed by atoms with Gasteiger partial charge in [-0.05, 0) is 18.6 Å². The van der Waals surface area contributed by atoms with Gasteiger partial charge in [0.25, 0.3) is 0 Å². The van der Waals surface area contributed by atoms with Gasteiger partial charge in [-0.15, -0.1) is 0 Å². The van der Waals surface area contributed by atoms with E-state index in [4.69, 9.17) is 15.2 Å². The van der Waals surface area contributed by atoms with Crippen LogP contribution in [0, 0.1) is 0 Å². The molecule has 0 aromatic heterocycles. The van der Waals surface area contributed by atoms with Gasteiger partial charge in [0, 0.05) is 11.8 Å². The average Bonchev–Trinajstić information content (AvgIpc) is 2.48. The molecular weight excluding hydrogens is 266 g/mol. The van der Waals surface area contributed by atoms with Gasteiger partial charge in [0.05, 0.1) is 6.61 Å². The van der Waals surface area contributed by atoms with Gasteiger partial charge in [0.2, 0.25) is 0 Å². The van der Waals surface area contributed by atoms with Crippen molar-refractivity contribution in [2.75, 3.05) is 18.9 Å². The maximum absolute atomic E-state index is 11.5. The quantitative estimate of drug-likeness (QED) is 0.381. The number of unbranched alkanes of at least 4 members (excludes halogenated alkanes) is 6. The van der Waals surface area contributed by atoms with E-state index < -0.39 is 0 Å². The molecular formula is C17H27NO3. The zero-order chi connectivity index (χ0) is 15.3. The van der Waals surface area contributed by atoms with Crippen LogP contribution >= 0.6 is 0 Å². The SMILES string of the molecule is CCCCCCCCCOC(=O)COc1cccc(N)c1. The van der Waals surface area contributed by atoms with Crippen LogP contribution in [0.25, 0.3) is 0 Å². The number of anilines is 1. The van der Waals surface area contributed by atoms with Gasteiger partial charge in [-0.25, -0.2) is 4.79 Å². The van der Waals surface area contributed by atoms with Crippen LogP contribution in [0.15, 0.2) is 24.3 Å². The lowest BCUT2D eigenvalue weighted by Gasteiger charge is -2.07. The molecule has 0 aliphatic carbocycles. The van der Waals surface area contributed by atoms with E-state index in [2.05, 4.69) is 6.92 Å². The summed E-state index contributed by atoms with van der Waals surface area (Å²) in [5.74, 6) is 0.256. The summed E-state index contributed by atoms with van der Waals surface area (Å²) in [5.41, 5.74) is 6.24. The van der Waals surface area contributed by atoms with E-state index in [1.165, 1.54) is 32.1 Å². The number of carbonyl (C=O) groups excluding carboxylic acids is 1. The van der Waals surface area contributed by atoms with E-state index in [1.807, 2.05) is 0 Å². The molecule has 21 heavy (non-hydrogen) atoms. The Labute approximate surface area is 127 Å². The second kappa shape index (κ2) is 11.0. The third kappa shape index (κ3) is 8.95. The Hall–Kier alpha value is -1.71. The van der Waals surface area contributed by atoms with E-state index in [9.17, 15) is 4.79 Å². The number of benzene rings is 1. The summed E-state index contributed by atoms with van der Waals surface area (Å²) in [7, 11) is 0. The number of hydrogen-bond donors (Lipinski definition) is 1. The Morgan fingerprint density at radius 2 is 1.81 bits per heavy atom. The van der Waals surface area contributed by atoms with Crippen LogP contribution in [-0.4, -0.2) is 19.2 Å². The standard InChI is InChI=1S/C17H27NO3/c1-2-3-4-5-6-7-8-12-20-17(19)14-21-16-11-9-10-15(18)13-16/h9-11,13H,2-8,12,14,18H2,1H3. The molecule has 1 aromatic rings. The molecule has 0 saturated heterocycles. The number of nitrogens with two attached hydrogens (primary N) is 1. The molecule has 0 unspecified atom stereocenters. The maximum atomic E-state index is 11.5. The highest BCUT2D eigenvalue weighted by molar-refractivity contribution is 5.71. The van der Waals surface area contributed by atoms with Crippen LogP contribution in [0.5, 0.6) is 5.75 Å². The van der Waals surface area contributed by atoms with Crippen molar-refractivity contribution in [3.05, 3.63) is 24.3 Å². The van der Waals surface area contributed by atoms with Crippen molar-refractivity contribution in [1.82, 2.24) is 0 Å². The fraction of sp³-hybridized carbons (Fsp3) is 0.588. The van der Waals surface area contributed by atoms with Gasteiger partial charge < -0.3 is 15.2 Å². The number of hydrogen-bond acceptors (Lipinski definition) is 4. The lowest BCUT2D eigenvalue weighted by molar-refractivity contribution is -0.146. The Balaban J connectivity index is 1.99. The third-order valence-corrected chi connectivity index (χ3v) is 3.23. The molecule has 0 fully saturated rings. The minimum Gasteiger partial charge on any atom is -0.482 e. The van der Waals surface area contributed by atoms with E-state index in [1.54, 1.807) is 24.3 Å². The summed E-state index contributed by atoms with van der Waals surface area (Å²) >= 11 is 0. The Morgan fingerprint density at radius 1 is 1.10 bits per heavy atom. The number of ether oxygens (including phenoxy) is 2. The summed E-state index contributed by atoms with van der Waals surface area (Å²) < 4.78 is 10.4. The highest BCUT2D eigenvalue weighted by atomic mass is 16.6. The van der Waals surface area contributed by atoms with Crippen LogP contribution in [0.2, 0.25) is 0 Å². The fourth-order valence-corrected chi connectivity index (χ4v) is 2.03. The molecule has 0 atom stereocenters. The number of carbonyl (C=O) groups is 1. The Bertz CT molecular complexity index is 407. The number of rotatable bonds is 11. The topological polar surface area (TPSA) is 61.5 Å². The molecule has 118 valence electrons. The van der Waals surface area contributed by atoms with Crippen LogP contribution in [-0.2, 0) is 9.53 Å². The smallest absolute Gasteiger partial charge is 0.344 e. The zero-order valence-electron chi connectivity index (χ0n) is 13.0. The first kappa shape index (κ1) is 17.3. The molecule has 0 spiro atoms. The summed E-state index contributed by atoms with van der Waals surface area (Å²) in [5, 5.41) is 0. The van der Waals surface area contributed by atoms with Gasteiger partial charge >= 0.3 is 5.97 Å². The molecule has 1 aromatic carbocycles. The van der Waals surface area contributed by atoms with E-state index in [0.717, 1.165) is 12.8 Å². The minimum atomic E-state index is -0.330. The van der Waals surface area contributed by atoms with Gasteiger partial charge in [0.1, 0.15) is 5.75 Å². The van der Waals surface area contributed by atoms with E-state index >= 15 is 0 Å². The van der Waals surface area contributed by atoms with Crippen molar-refractivity contribution in [2.45, 2.75) is 51.9 Å². The molecule has 0 amide bonds. The first-order chi connectivity index (χ1) is 10.2. The predicted octanol–water partition coefficient (Wildman–Crippen LogP) is 3.94. The van der Waals surface area contributed by atoms with Crippen LogP contribution in [0.3, 0.4) is 0 Å². The molecule has 0 aliphatic rings. The number of esters is 1. The van der Waals surface area contributed by atoms with Gasteiger partial charge in [-0.3, -0.25) is 0 Å². The van der Waals surface area contributed by atoms with Crippen molar-refractivity contribution < 1.29 is 14.3 Å². The van der Waals surface area contributed by atoms with Crippen LogP contribution in [0.4, 0.5) is 5.69 Å². The van der Waals surface area contributed by atoms with E-state index in [0.29, 0.717) is 18.0 Å². The van der Waals surface area contributed by atoms with Gasteiger partial charge in [-0.1, -0.05) is 51.5 Å². The molecule has 2 N–H and O–H groups in total.